The second-order valence-electron chi connectivity index (χ2n) is 5.03. The average molecular weight is 380 g/mol. The van der Waals surface area contributed by atoms with Crippen LogP contribution < -0.4 is 5.73 Å². The number of thiophene rings is 1. The van der Waals surface area contributed by atoms with Crippen LogP contribution in [0.15, 0.2) is 22.9 Å². The van der Waals surface area contributed by atoms with Gasteiger partial charge in [0.05, 0.1) is 17.0 Å². The lowest BCUT2D eigenvalue weighted by Gasteiger charge is -2.15. The summed E-state index contributed by atoms with van der Waals surface area (Å²) in [7, 11) is 0. The van der Waals surface area contributed by atoms with E-state index in [2.05, 4.69) is 11.1 Å². The van der Waals surface area contributed by atoms with Gasteiger partial charge in [0.25, 0.3) is 0 Å². The molecule has 2 N–H and O–H groups in total. The predicted molar refractivity (Wildman–Crippen MR) is 97.4 cm³/mol. The van der Waals surface area contributed by atoms with Gasteiger partial charge in [-0.2, -0.15) is 0 Å². The lowest BCUT2D eigenvalue weighted by atomic mass is 10.1. The normalized spacial score (nSPS) is 17.0. The summed E-state index contributed by atoms with van der Waals surface area (Å²) in [5.74, 6) is 0.639. The first-order valence-corrected chi connectivity index (χ1v) is 8.48. The van der Waals surface area contributed by atoms with Gasteiger partial charge in [-0.15, -0.1) is 47.5 Å². The molecule has 1 atom stereocenters. The van der Waals surface area contributed by atoms with Crippen LogP contribution in [0.25, 0.3) is 9.88 Å². The Morgan fingerprint density at radius 2 is 2.23 bits per heavy atom. The Labute approximate surface area is 150 Å². The smallest absolute Gasteiger partial charge is 0.228 e. The Hall–Kier alpha value is -0.660. The van der Waals surface area contributed by atoms with Gasteiger partial charge < -0.3 is 10.6 Å². The molecule has 0 radical (unpaired) electrons. The summed E-state index contributed by atoms with van der Waals surface area (Å²) in [6.07, 6.45) is 1.43. The number of hydrogen-bond donors (Lipinski definition) is 1. The number of aromatic nitrogens is 1. The summed E-state index contributed by atoms with van der Waals surface area (Å²) in [4.78, 5) is 19.9. The Kier molecular flexibility index (Phi) is 7.79. The van der Waals surface area contributed by atoms with Crippen LogP contribution in [-0.2, 0) is 11.2 Å². The van der Waals surface area contributed by atoms with E-state index in [9.17, 15) is 4.79 Å². The summed E-state index contributed by atoms with van der Waals surface area (Å²) >= 11 is 3.28. The van der Waals surface area contributed by atoms with Gasteiger partial charge in [-0.25, -0.2) is 4.98 Å². The first kappa shape index (κ1) is 19.4. The summed E-state index contributed by atoms with van der Waals surface area (Å²) in [5, 5.41) is 5.03. The highest BCUT2D eigenvalue weighted by molar-refractivity contribution is 7.20. The Bertz CT molecular complexity index is 589. The van der Waals surface area contributed by atoms with Crippen LogP contribution in [-0.4, -0.2) is 35.4 Å². The fourth-order valence-electron chi connectivity index (χ4n) is 2.42. The molecule has 0 aliphatic carbocycles. The number of thiazole rings is 1. The van der Waals surface area contributed by atoms with Crippen molar-refractivity contribution in [2.45, 2.75) is 12.8 Å². The largest absolute Gasteiger partial charge is 0.342 e. The zero-order chi connectivity index (χ0) is 13.9. The van der Waals surface area contributed by atoms with E-state index in [4.69, 9.17) is 5.73 Å². The first-order valence-electron chi connectivity index (χ1n) is 6.72. The maximum absolute atomic E-state index is 12.2. The standard InChI is InChI=1S/C14H17N3OS2.2ClH/c15-7-10-3-4-17(8-10)13(18)6-11-9-20-14(16-11)12-2-1-5-19-12;;/h1-2,5,9-10H,3-4,6-8,15H2;2*1H. The third-order valence-electron chi connectivity index (χ3n) is 3.59. The van der Waals surface area contributed by atoms with E-state index in [0.29, 0.717) is 18.9 Å². The Morgan fingerprint density at radius 1 is 1.41 bits per heavy atom. The molecule has 0 saturated carbocycles. The number of amides is 1. The van der Waals surface area contributed by atoms with E-state index in [1.807, 2.05) is 21.7 Å². The van der Waals surface area contributed by atoms with Crippen molar-refractivity contribution in [1.82, 2.24) is 9.88 Å². The van der Waals surface area contributed by atoms with E-state index < -0.39 is 0 Å². The molecule has 22 heavy (non-hydrogen) atoms. The molecule has 2 aromatic rings. The zero-order valence-corrected chi connectivity index (χ0v) is 15.2. The monoisotopic (exact) mass is 379 g/mol. The SMILES string of the molecule is Cl.Cl.NCC1CCN(C(=O)Cc2csc(-c3cccs3)n2)C1. The molecule has 8 heteroatoms. The van der Waals surface area contributed by atoms with Crippen molar-refractivity contribution >= 4 is 53.4 Å². The molecular weight excluding hydrogens is 361 g/mol. The number of hydrogen-bond acceptors (Lipinski definition) is 5. The molecule has 0 aromatic carbocycles. The van der Waals surface area contributed by atoms with Crippen LogP contribution in [0.4, 0.5) is 0 Å². The molecule has 122 valence electrons. The lowest BCUT2D eigenvalue weighted by Crippen LogP contribution is -2.31. The fraction of sp³-hybridized carbons (Fsp3) is 0.429. The Balaban J connectivity index is 0.00000121. The maximum atomic E-state index is 12.2. The second-order valence-corrected chi connectivity index (χ2v) is 6.83. The summed E-state index contributed by atoms with van der Waals surface area (Å²) in [5.41, 5.74) is 6.53. The van der Waals surface area contributed by atoms with Gasteiger partial charge in [0.2, 0.25) is 5.91 Å². The maximum Gasteiger partial charge on any atom is 0.228 e. The van der Waals surface area contributed by atoms with Crippen molar-refractivity contribution in [3.63, 3.8) is 0 Å². The number of nitrogens with zero attached hydrogens (tertiary/aromatic N) is 2. The minimum atomic E-state index is 0. The zero-order valence-electron chi connectivity index (χ0n) is 11.9. The average Bonchev–Trinajstić information content (AvgIpc) is 3.19. The number of halogens is 2. The van der Waals surface area contributed by atoms with Crippen molar-refractivity contribution in [3.05, 3.63) is 28.6 Å². The molecular formula is C14H19Cl2N3OS2. The predicted octanol–water partition coefficient (Wildman–Crippen LogP) is 3.06. The molecule has 1 aliphatic rings. The quantitative estimate of drug-likeness (QED) is 0.887. The topological polar surface area (TPSA) is 59.2 Å². The fourth-order valence-corrected chi connectivity index (χ4v) is 4.05. The molecule has 1 saturated heterocycles. The van der Waals surface area contributed by atoms with E-state index in [0.717, 1.165) is 35.1 Å². The molecule has 1 unspecified atom stereocenters. The third-order valence-corrected chi connectivity index (χ3v) is 5.52. The highest BCUT2D eigenvalue weighted by Gasteiger charge is 2.25. The molecule has 1 aliphatic heterocycles. The molecule has 1 amide bonds. The third kappa shape index (κ3) is 4.43. The van der Waals surface area contributed by atoms with Crippen LogP contribution in [0.2, 0.25) is 0 Å². The summed E-state index contributed by atoms with van der Waals surface area (Å²) in [6, 6.07) is 4.07. The van der Waals surface area contributed by atoms with Crippen molar-refractivity contribution in [3.8, 4) is 9.88 Å². The minimum Gasteiger partial charge on any atom is -0.342 e. The van der Waals surface area contributed by atoms with Crippen molar-refractivity contribution in [1.29, 1.82) is 0 Å². The molecule has 1 fully saturated rings. The highest BCUT2D eigenvalue weighted by atomic mass is 35.5. The first-order chi connectivity index (χ1) is 9.76. The number of carbonyl (C=O) groups is 1. The number of nitrogens with two attached hydrogens (primary N) is 1. The van der Waals surface area contributed by atoms with Crippen molar-refractivity contribution in [2.75, 3.05) is 19.6 Å². The van der Waals surface area contributed by atoms with Gasteiger partial charge in [-0.1, -0.05) is 6.07 Å². The second kappa shape index (κ2) is 8.84. The van der Waals surface area contributed by atoms with Gasteiger partial charge in [0.1, 0.15) is 5.01 Å². The van der Waals surface area contributed by atoms with Gasteiger partial charge in [-0.3, -0.25) is 4.79 Å². The van der Waals surface area contributed by atoms with Gasteiger partial charge in [0.15, 0.2) is 0 Å². The van der Waals surface area contributed by atoms with Gasteiger partial charge >= 0.3 is 0 Å². The van der Waals surface area contributed by atoms with Crippen LogP contribution in [0.1, 0.15) is 12.1 Å². The van der Waals surface area contributed by atoms with Crippen LogP contribution >= 0.6 is 47.5 Å². The highest BCUT2D eigenvalue weighted by Crippen LogP contribution is 2.28. The summed E-state index contributed by atoms with van der Waals surface area (Å²) in [6.45, 7) is 2.31. The van der Waals surface area contributed by atoms with Crippen LogP contribution in [0.3, 0.4) is 0 Å². The number of likely N-dealkylation sites (tertiary alicyclic amines) is 1. The number of carbonyl (C=O) groups excluding carboxylic acids is 1. The van der Waals surface area contributed by atoms with E-state index in [-0.39, 0.29) is 30.7 Å². The molecule has 4 nitrogen and oxygen atoms in total. The lowest BCUT2D eigenvalue weighted by molar-refractivity contribution is -0.129. The molecule has 0 bridgehead atoms. The molecule has 3 heterocycles. The van der Waals surface area contributed by atoms with Crippen molar-refractivity contribution in [2.24, 2.45) is 11.7 Å². The summed E-state index contributed by atoms with van der Waals surface area (Å²) < 4.78 is 0. The Morgan fingerprint density at radius 3 is 2.86 bits per heavy atom. The van der Waals surface area contributed by atoms with Gasteiger partial charge in [-0.05, 0) is 30.3 Å². The van der Waals surface area contributed by atoms with Gasteiger partial charge in [0, 0.05) is 18.5 Å². The minimum absolute atomic E-state index is 0. The van der Waals surface area contributed by atoms with Crippen molar-refractivity contribution < 1.29 is 4.79 Å². The number of rotatable bonds is 4. The van der Waals surface area contributed by atoms with E-state index in [1.54, 1.807) is 22.7 Å². The van der Waals surface area contributed by atoms with E-state index in [1.165, 1.54) is 0 Å². The van der Waals surface area contributed by atoms with E-state index >= 15 is 0 Å². The molecule has 2 aromatic heterocycles. The molecule has 0 spiro atoms. The van der Waals surface area contributed by atoms with Crippen LogP contribution in [0, 0.1) is 5.92 Å². The van der Waals surface area contributed by atoms with Crippen LogP contribution in [0.5, 0.6) is 0 Å². The molecule has 3 rings (SSSR count).